The summed E-state index contributed by atoms with van der Waals surface area (Å²) in [5.74, 6) is -1.89. The molecule has 1 amide bonds. The number of benzene rings is 3. The van der Waals surface area contributed by atoms with Crippen LogP contribution in [-0.2, 0) is 9.59 Å². The summed E-state index contributed by atoms with van der Waals surface area (Å²) in [7, 11) is 0. The van der Waals surface area contributed by atoms with Gasteiger partial charge in [0.1, 0.15) is 17.3 Å². The molecule has 0 aliphatic carbocycles. The number of ether oxygens (including phenoxy) is 1. The zero-order valence-electron chi connectivity index (χ0n) is 19.7. The van der Waals surface area contributed by atoms with E-state index in [0.29, 0.717) is 34.1 Å². The Morgan fingerprint density at radius 2 is 1.89 bits per heavy atom. The van der Waals surface area contributed by atoms with Crippen molar-refractivity contribution in [3.63, 3.8) is 0 Å². The van der Waals surface area contributed by atoms with Gasteiger partial charge in [0.2, 0.25) is 0 Å². The summed E-state index contributed by atoms with van der Waals surface area (Å²) < 4.78 is 20.3. The number of carbonyl (C=O) groups excluding carboxylic acids is 2. The fraction of sp³-hybridized carbons (Fsp3) is 0.179. The molecule has 3 aromatic carbocycles. The third-order valence-electron chi connectivity index (χ3n) is 5.95. The lowest BCUT2D eigenvalue weighted by atomic mass is 9.95. The normalized spacial score (nSPS) is 17.2. The number of hydrogen-bond donors (Lipinski definition) is 1. The maximum absolute atomic E-state index is 13.8. The molecule has 0 radical (unpaired) electrons. The standard InChI is InChI=1S/C28H23FN2O4S/c1-3-13-35-20-6-4-5-18(15-20)25(32)23-24(17-8-10-19(29)11-9-17)31(27(34)26(23)33)28-30-21-12-7-16(2)14-22(21)36-28/h4-12,14-15,24,32H,3,13H2,1-2H3/b25-23+. The number of thiazole rings is 1. The van der Waals surface area contributed by atoms with Crippen molar-refractivity contribution in [2.75, 3.05) is 11.5 Å². The SMILES string of the molecule is CCCOc1cccc(/C(O)=C2\C(=O)C(=O)N(c3nc4ccc(C)cc4s3)C2c2ccc(F)cc2)c1. The number of hydrogen-bond acceptors (Lipinski definition) is 6. The number of amides is 1. The molecular formula is C28H23FN2O4S. The topological polar surface area (TPSA) is 79.7 Å². The Bertz CT molecular complexity index is 1510. The van der Waals surface area contributed by atoms with Gasteiger partial charge in [0.15, 0.2) is 5.13 Å². The van der Waals surface area contributed by atoms with Crippen LogP contribution < -0.4 is 9.64 Å². The predicted octanol–water partition coefficient (Wildman–Crippen LogP) is 6.16. The van der Waals surface area contributed by atoms with Crippen LogP contribution in [0.5, 0.6) is 5.75 Å². The molecule has 0 spiro atoms. The minimum Gasteiger partial charge on any atom is -0.507 e. The zero-order chi connectivity index (χ0) is 25.4. The lowest BCUT2D eigenvalue weighted by Gasteiger charge is -2.23. The number of aryl methyl sites for hydroxylation is 1. The van der Waals surface area contributed by atoms with E-state index in [1.165, 1.54) is 40.5 Å². The summed E-state index contributed by atoms with van der Waals surface area (Å²) in [6.07, 6.45) is 0.813. The third kappa shape index (κ3) is 4.24. The fourth-order valence-corrected chi connectivity index (χ4v) is 5.31. The van der Waals surface area contributed by atoms with E-state index in [1.807, 2.05) is 32.0 Å². The summed E-state index contributed by atoms with van der Waals surface area (Å²) in [5, 5.41) is 11.6. The van der Waals surface area contributed by atoms with E-state index in [-0.39, 0.29) is 11.3 Å². The van der Waals surface area contributed by atoms with Crippen molar-refractivity contribution < 1.29 is 23.8 Å². The Hall–Kier alpha value is -4.04. The Morgan fingerprint density at radius 1 is 1.11 bits per heavy atom. The maximum Gasteiger partial charge on any atom is 0.301 e. The number of aromatic nitrogens is 1. The van der Waals surface area contributed by atoms with Gasteiger partial charge in [0.25, 0.3) is 5.78 Å². The van der Waals surface area contributed by atoms with Crippen molar-refractivity contribution in [2.45, 2.75) is 26.3 Å². The van der Waals surface area contributed by atoms with E-state index < -0.39 is 23.5 Å². The number of aliphatic hydroxyl groups excluding tert-OH is 1. The van der Waals surface area contributed by atoms with Gasteiger partial charge in [-0.25, -0.2) is 9.37 Å². The van der Waals surface area contributed by atoms with Gasteiger partial charge in [-0.15, -0.1) is 0 Å². The van der Waals surface area contributed by atoms with E-state index in [0.717, 1.165) is 16.7 Å². The molecule has 1 fully saturated rings. The van der Waals surface area contributed by atoms with E-state index in [2.05, 4.69) is 4.98 Å². The van der Waals surface area contributed by atoms with Crippen LogP contribution in [0, 0.1) is 12.7 Å². The second-order valence-electron chi connectivity index (χ2n) is 8.56. The van der Waals surface area contributed by atoms with Crippen LogP contribution >= 0.6 is 11.3 Å². The minimum atomic E-state index is -0.979. The summed E-state index contributed by atoms with van der Waals surface area (Å²) in [5.41, 5.74) is 2.47. The predicted molar refractivity (Wildman–Crippen MR) is 138 cm³/mol. The van der Waals surface area contributed by atoms with Crippen LogP contribution in [0.2, 0.25) is 0 Å². The lowest BCUT2D eigenvalue weighted by Crippen LogP contribution is -2.29. The highest BCUT2D eigenvalue weighted by molar-refractivity contribution is 7.22. The van der Waals surface area contributed by atoms with Crippen molar-refractivity contribution in [1.29, 1.82) is 0 Å². The molecule has 2 heterocycles. The van der Waals surface area contributed by atoms with Crippen molar-refractivity contribution in [3.05, 3.63) is 94.8 Å². The number of fused-ring (bicyclic) bond motifs is 1. The number of ketones is 1. The first kappa shape index (κ1) is 23.7. The minimum absolute atomic E-state index is 0.0883. The monoisotopic (exact) mass is 502 g/mol. The van der Waals surface area contributed by atoms with E-state index in [9.17, 15) is 19.1 Å². The van der Waals surface area contributed by atoms with Crippen LogP contribution in [0.25, 0.3) is 16.0 Å². The summed E-state index contributed by atoms with van der Waals surface area (Å²) in [6.45, 7) is 4.44. The average molecular weight is 503 g/mol. The fourth-order valence-electron chi connectivity index (χ4n) is 4.22. The van der Waals surface area contributed by atoms with Gasteiger partial charge in [0, 0.05) is 5.56 Å². The third-order valence-corrected chi connectivity index (χ3v) is 6.97. The Morgan fingerprint density at radius 3 is 2.64 bits per heavy atom. The highest BCUT2D eigenvalue weighted by Gasteiger charge is 2.48. The van der Waals surface area contributed by atoms with Crippen molar-refractivity contribution >= 4 is 44.1 Å². The van der Waals surface area contributed by atoms with Crippen LogP contribution in [0.15, 0.2) is 72.3 Å². The van der Waals surface area contributed by atoms with E-state index in [1.54, 1.807) is 24.3 Å². The van der Waals surface area contributed by atoms with Gasteiger partial charge >= 0.3 is 5.91 Å². The Balaban J connectivity index is 1.68. The van der Waals surface area contributed by atoms with Gasteiger partial charge in [0.05, 0.1) is 28.4 Å². The number of Topliss-reactive ketones (excluding diaryl/α,β-unsaturated/α-hetero) is 1. The van der Waals surface area contributed by atoms with Crippen LogP contribution in [0.3, 0.4) is 0 Å². The molecule has 1 aliphatic rings. The highest BCUT2D eigenvalue weighted by Crippen LogP contribution is 2.44. The van der Waals surface area contributed by atoms with E-state index >= 15 is 0 Å². The van der Waals surface area contributed by atoms with Crippen molar-refractivity contribution in [3.8, 4) is 5.75 Å². The highest BCUT2D eigenvalue weighted by atomic mass is 32.1. The molecule has 1 saturated heterocycles. The van der Waals surface area contributed by atoms with Gasteiger partial charge in [-0.05, 0) is 60.9 Å². The molecule has 1 N–H and O–H groups in total. The molecule has 1 aromatic heterocycles. The molecule has 0 bridgehead atoms. The van der Waals surface area contributed by atoms with Crippen LogP contribution in [0.4, 0.5) is 9.52 Å². The van der Waals surface area contributed by atoms with Gasteiger partial charge < -0.3 is 9.84 Å². The first-order chi connectivity index (χ1) is 17.4. The maximum atomic E-state index is 13.8. The van der Waals surface area contributed by atoms with Gasteiger partial charge in [-0.2, -0.15) is 0 Å². The number of nitrogens with zero attached hydrogens (tertiary/aromatic N) is 2. The quantitative estimate of drug-likeness (QED) is 0.194. The molecule has 5 rings (SSSR count). The first-order valence-electron chi connectivity index (χ1n) is 11.5. The Labute approximate surface area is 211 Å². The van der Waals surface area contributed by atoms with Crippen LogP contribution in [-0.4, -0.2) is 28.4 Å². The molecular weight excluding hydrogens is 479 g/mol. The molecule has 6 nitrogen and oxygen atoms in total. The number of halogens is 1. The molecule has 1 aliphatic heterocycles. The molecule has 4 aromatic rings. The van der Waals surface area contributed by atoms with Crippen LogP contribution in [0.1, 0.15) is 36.1 Å². The lowest BCUT2D eigenvalue weighted by molar-refractivity contribution is -0.132. The smallest absolute Gasteiger partial charge is 0.301 e. The number of anilines is 1. The number of carbonyl (C=O) groups is 2. The number of aliphatic hydroxyl groups is 1. The average Bonchev–Trinajstić information content (AvgIpc) is 3.40. The zero-order valence-corrected chi connectivity index (χ0v) is 20.5. The van der Waals surface area contributed by atoms with Crippen molar-refractivity contribution in [1.82, 2.24) is 4.98 Å². The van der Waals surface area contributed by atoms with Gasteiger partial charge in [-0.1, -0.05) is 48.6 Å². The second kappa shape index (κ2) is 9.54. The molecule has 1 unspecified atom stereocenters. The molecule has 36 heavy (non-hydrogen) atoms. The molecule has 0 saturated carbocycles. The molecule has 1 atom stereocenters. The second-order valence-corrected chi connectivity index (χ2v) is 9.57. The summed E-state index contributed by atoms with van der Waals surface area (Å²) >= 11 is 1.28. The molecule has 8 heteroatoms. The summed E-state index contributed by atoms with van der Waals surface area (Å²) in [4.78, 5) is 32.6. The largest absolute Gasteiger partial charge is 0.507 e. The Kier molecular flexibility index (Phi) is 6.28. The summed E-state index contributed by atoms with van der Waals surface area (Å²) in [6, 6.07) is 17.0. The van der Waals surface area contributed by atoms with E-state index in [4.69, 9.17) is 4.74 Å². The van der Waals surface area contributed by atoms with Crippen molar-refractivity contribution in [2.24, 2.45) is 0 Å². The molecule has 182 valence electrons. The number of rotatable bonds is 6. The first-order valence-corrected chi connectivity index (χ1v) is 12.4. The van der Waals surface area contributed by atoms with Gasteiger partial charge in [-0.3, -0.25) is 14.5 Å².